The van der Waals surface area contributed by atoms with Crippen LogP contribution in [-0.4, -0.2) is 27.4 Å². The molecule has 1 aliphatic carbocycles. The third-order valence-corrected chi connectivity index (χ3v) is 7.92. The van der Waals surface area contributed by atoms with Gasteiger partial charge in [0, 0.05) is 11.3 Å². The van der Waals surface area contributed by atoms with Crippen molar-refractivity contribution in [1.82, 2.24) is 9.99 Å². The number of hydrogen-bond donors (Lipinski definition) is 0. The summed E-state index contributed by atoms with van der Waals surface area (Å²) in [6, 6.07) is 15.7. The van der Waals surface area contributed by atoms with E-state index < -0.39 is 0 Å². The van der Waals surface area contributed by atoms with E-state index >= 15 is 0 Å². The number of carbonyl (C=O) groups excluding carboxylic acids is 1. The Morgan fingerprint density at radius 3 is 2.78 bits per heavy atom. The topological polar surface area (TPSA) is 71.8 Å². The molecule has 4 aromatic rings. The van der Waals surface area contributed by atoms with Gasteiger partial charge in [-0.25, -0.2) is 9.99 Å². The summed E-state index contributed by atoms with van der Waals surface area (Å²) < 4.78 is 11.4. The Morgan fingerprint density at radius 2 is 1.97 bits per heavy atom. The van der Waals surface area contributed by atoms with E-state index in [-0.39, 0.29) is 23.6 Å². The highest BCUT2D eigenvalue weighted by Crippen LogP contribution is 2.44. The Labute approximate surface area is 214 Å². The van der Waals surface area contributed by atoms with Crippen molar-refractivity contribution in [3.8, 4) is 0 Å². The number of hydrogen-bond acceptors (Lipinski definition) is 6. The molecule has 2 aliphatic rings. The van der Waals surface area contributed by atoms with E-state index in [1.54, 1.807) is 17.5 Å². The van der Waals surface area contributed by atoms with Gasteiger partial charge in [-0.05, 0) is 86.2 Å². The quantitative estimate of drug-likeness (QED) is 0.279. The van der Waals surface area contributed by atoms with Crippen LogP contribution in [0.5, 0.6) is 0 Å². The molecule has 0 spiro atoms. The number of hydrazone groups is 1. The molecule has 1 saturated carbocycles. The first-order valence-electron chi connectivity index (χ1n) is 12.3. The number of amides is 1. The largest absolute Gasteiger partial charge is 0.467 e. The van der Waals surface area contributed by atoms with Crippen molar-refractivity contribution in [3.63, 3.8) is 0 Å². The summed E-state index contributed by atoms with van der Waals surface area (Å²) in [5.41, 5.74) is 5.37. The summed E-state index contributed by atoms with van der Waals surface area (Å²) in [6.45, 7) is 4.16. The zero-order valence-electron chi connectivity index (χ0n) is 20.3. The lowest BCUT2D eigenvalue weighted by Gasteiger charge is -2.27. The first-order valence-corrected chi connectivity index (χ1v) is 13.3. The Hall–Kier alpha value is -3.58. The lowest BCUT2D eigenvalue weighted by atomic mass is 9.79. The number of para-hydroxylation sites is 1. The van der Waals surface area contributed by atoms with Crippen LogP contribution in [0, 0.1) is 19.8 Å². The van der Waals surface area contributed by atoms with Gasteiger partial charge < -0.3 is 8.83 Å². The minimum Gasteiger partial charge on any atom is -0.467 e. The maximum atomic E-state index is 13.6. The molecule has 6 rings (SSSR count). The highest BCUT2D eigenvalue weighted by molar-refractivity contribution is 7.99. The van der Waals surface area contributed by atoms with E-state index in [1.165, 1.54) is 11.8 Å². The molecule has 1 fully saturated rings. The fourth-order valence-electron chi connectivity index (χ4n) is 5.30. The van der Waals surface area contributed by atoms with Crippen LogP contribution in [0.4, 0.5) is 0 Å². The molecule has 36 heavy (non-hydrogen) atoms. The SMILES string of the molecule is Cc1cc(SCC(=O)N2N=C3/C(=C/c4ccco4)CCC[C@@H]3[C@H]2c2ccco2)nc2c(C)cccc12. The highest BCUT2D eigenvalue weighted by atomic mass is 32.2. The number of pyridine rings is 1. The van der Waals surface area contributed by atoms with Crippen molar-refractivity contribution >= 4 is 40.4 Å². The number of rotatable bonds is 5. The second-order valence-electron chi connectivity index (χ2n) is 9.40. The minimum absolute atomic E-state index is 0.0509. The number of benzene rings is 1. The first-order chi connectivity index (χ1) is 17.6. The van der Waals surface area contributed by atoms with Crippen molar-refractivity contribution in [2.45, 2.75) is 44.2 Å². The van der Waals surface area contributed by atoms with Crippen molar-refractivity contribution in [1.29, 1.82) is 0 Å². The minimum atomic E-state index is -0.239. The van der Waals surface area contributed by atoms with Gasteiger partial charge in [0.05, 0.1) is 34.5 Å². The Bertz CT molecular complexity index is 1470. The number of fused-ring (bicyclic) bond motifs is 2. The van der Waals surface area contributed by atoms with Gasteiger partial charge in [-0.2, -0.15) is 5.10 Å². The summed E-state index contributed by atoms with van der Waals surface area (Å²) in [6.07, 6.45) is 8.29. The number of thioether (sulfide) groups is 1. The monoisotopic (exact) mass is 497 g/mol. The zero-order chi connectivity index (χ0) is 24.6. The van der Waals surface area contributed by atoms with Crippen molar-refractivity contribution < 1.29 is 13.6 Å². The van der Waals surface area contributed by atoms with Gasteiger partial charge in [-0.3, -0.25) is 4.79 Å². The third kappa shape index (κ3) is 4.17. The van der Waals surface area contributed by atoms with Gasteiger partial charge in [0.25, 0.3) is 5.91 Å². The average molecular weight is 498 g/mol. The molecule has 0 N–H and O–H groups in total. The predicted molar refractivity (Wildman–Crippen MR) is 142 cm³/mol. The fraction of sp³-hybridized carbons (Fsp3) is 0.276. The molecule has 2 atom stereocenters. The first kappa shape index (κ1) is 22.9. The molecular formula is C29H27N3O3S. The molecule has 6 nitrogen and oxygen atoms in total. The van der Waals surface area contributed by atoms with Gasteiger partial charge >= 0.3 is 0 Å². The number of nitrogens with zero attached hydrogens (tertiary/aromatic N) is 3. The fourth-order valence-corrected chi connectivity index (χ4v) is 6.12. The predicted octanol–water partition coefficient (Wildman–Crippen LogP) is 6.95. The van der Waals surface area contributed by atoms with E-state index in [0.29, 0.717) is 0 Å². The second kappa shape index (κ2) is 9.47. The van der Waals surface area contributed by atoms with Gasteiger partial charge in [0.2, 0.25) is 0 Å². The molecule has 0 unspecified atom stereocenters. The van der Waals surface area contributed by atoms with Crippen LogP contribution in [0.1, 0.15) is 48.0 Å². The van der Waals surface area contributed by atoms with Gasteiger partial charge in [0.15, 0.2) is 0 Å². The van der Waals surface area contributed by atoms with Crippen molar-refractivity contribution in [2.24, 2.45) is 11.0 Å². The van der Waals surface area contributed by atoms with E-state index in [0.717, 1.165) is 69.1 Å². The number of furan rings is 2. The van der Waals surface area contributed by atoms with Crippen LogP contribution in [-0.2, 0) is 4.79 Å². The molecule has 0 radical (unpaired) electrons. The zero-order valence-corrected chi connectivity index (χ0v) is 21.1. The Morgan fingerprint density at radius 1 is 1.11 bits per heavy atom. The summed E-state index contributed by atoms with van der Waals surface area (Å²) in [4.78, 5) is 18.4. The molecule has 182 valence electrons. The molecule has 1 amide bonds. The lowest BCUT2D eigenvalue weighted by molar-refractivity contribution is -0.131. The van der Waals surface area contributed by atoms with E-state index in [9.17, 15) is 4.79 Å². The lowest BCUT2D eigenvalue weighted by Crippen LogP contribution is -2.32. The maximum absolute atomic E-state index is 13.6. The third-order valence-electron chi connectivity index (χ3n) is 7.02. The molecule has 0 bridgehead atoms. The average Bonchev–Trinajstić information content (AvgIpc) is 3.64. The summed E-state index contributed by atoms with van der Waals surface area (Å²) in [5, 5.41) is 8.54. The molecule has 3 aromatic heterocycles. The highest BCUT2D eigenvalue weighted by Gasteiger charge is 2.45. The normalized spacial score (nSPS) is 20.7. The number of aryl methyl sites for hydroxylation is 2. The maximum Gasteiger partial charge on any atom is 0.253 e. The molecular weight excluding hydrogens is 470 g/mol. The van der Waals surface area contributed by atoms with Crippen molar-refractivity contribution in [2.75, 3.05) is 5.75 Å². The molecule has 7 heteroatoms. The Balaban J connectivity index is 1.29. The van der Waals surface area contributed by atoms with Crippen LogP contribution < -0.4 is 0 Å². The summed E-state index contributed by atoms with van der Waals surface area (Å²) in [5.74, 6) is 1.87. The standard InChI is InChI=1S/C29H27N3O3S/c1-18-7-3-10-22-19(2)15-25(30-27(18)22)36-17-26(33)32-29(24-12-6-14-35-24)23-11-4-8-20(28(23)31-32)16-21-9-5-13-34-21/h3,5-7,9-10,12-16,23,29H,4,8,11,17H2,1-2H3/b20-16+/t23-,29-/m0/s1. The number of aromatic nitrogens is 1. The van der Waals surface area contributed by atoms with Gasteiger partial charge in [-0.1, -0.05) is 30.0 Å². The summed E-state index contributed by atoms with van der Waals surface area (Å²) in [7, 11) is 0. The van der Waals surface area contributed by atoms with E-state index in [1.807, 2.05) is 24.3 Å². The smallest absolute Gasteiger partial charge is 0.253 e. The molecule has 4 heterocycles. The van der Waals surface area contributed by atoms with Crippen molar-refractivity contribution in [3.05, 3.63) is 89.3 Å². The van der Waals surface area contributed by atoms with Crippen LogP contribution in [0.2, 0.25) is 0 Å². The Kier molecular flexibility index (Phi) is 6.01. The molecule has 0 saturated heterocycles. The second-order valence-corrected chi connectivity index (χ2v) is 10.4. The van der Waals surface area contributed by atoms with E-state index in [2.05, 4.69) is 44.2 Å². The summed E-state index contributed by atoms with van der Waals surface area (Å²) >= 11 is 1.46. The van der Waals surface area contributed by atoms with Crippen LogP contribution >= 0.6 is 11.8 Å². The van der Waals surface area contributed by atoms with Crippen LogP contribution in [0.25, 0.3) is 17.0 Å². The van der Waals surface area contributed by atoms with Crippen LogP contribution in [0.15, 0.2) is 85.6 Å². The number of allylic oxidation sites excluding steroid dienone is 1. The van der Waals surface area contributed by atoms with Gasteiger partial charge in [-0.15, -0.1) is 0 Å². The van der Waals surface area contributed by atoms with Gasteiger partial charge in [0.1, 0.15) is 17.6 Å². The van der Waals surface area contributed by atoms with E-state index in [4.69, 9.17) is 18.9 Å². The molecule has 1 aliphatic heterocycles. The number of carbonyl (C=O) groups is 1. The van der Waals surface area contributed by atoms with Crippen LogP contribution in [0.3, 0.4) is 0 Å². The molecule has 1 aromatic carbocycles.